The number of hydrogen-bond acceptors (Lipinski definition) is 6. The number of amides is 1. The predicted molar refractivity (Wildman–Crippen MR) is 151 cm³/mol. The minimum absolute atomic E-state index is 0.00260. The van der Waals surface area contributed by atoms with Crippen LogP contribution in [0.25, 0.3) is 0 Å². The summed E-state index contributed by atoms with van der Waals surface area (Å²) in [5.41, 5.74) is 1.82. The van der Waals surface area contributed by atoms with Crippen molar-refractivity contribution in [1.29, 1.82) is 0 Å². The van der Waals surface area contributed by atoms with E-state index in [9.17, 15) is 9.59 Å². The molecule has 6 nitrogen and oxygen atoms in total. The van der Waals surface area contributed by atoms with E-state index in [1.807, 2.05) is 11.0 Å². The van der Waals surface area contributed by atoms with Gasteiger partial charge in [-0.3, -0.25) is 4.79 Å². The summed E-state index contributed by atoms with van der Waals surface area (Å²) in [6.45, 7) is 11.9. The van der Waals surface area contributed by atoms with Crippen molar-refractivity contribution in [3.63, 3.8) is 0 Å². The second kappa shape index (κ2) is 12.4. The highest BCUT2D eigenvalue weighted by molar-refractivity contribution is 7.15. The Morgan fingerprint density at radius 1 is 1.13 bits per heavy atom. The Balaban J connectivity index is 1.66. The number of esters is 1. The third-order valence-electron chi connectivity index (χ3n) is 7.79. The molecular weight excluding hydrogens is 498 g/mol. The van der Waals surface area contributed by atoms with Gasteiger partial charge in [0.15, 0.2) is 0 Å². The van der Waals surface area contributed by atoms with E-state index in [1.54, 1.807) is 0 Å². The number of nitrogens with zero attached hydrogens (tertiary/aromatic N) is 1. The van der Waals surface area contributed by atoms with Gasteiger partial charge in [0.1, 0.15) is 4.88 Å². The Morgan fingerprint density at radius 3 is 2.47 bits per heavy atom. The zero-order valence-corrected chi connectivity index (χ0v) is 24.6. The Bertz CT molecular complexity index is 1090. The molecule has 38 heavy (non-hydrogen) atoms. The Morgan fingerprint density at radius 2 is 1.87 bits per heavy atom. The molecule has 0 aromatic carbocycles. The van der Waals surface area contributed by atoms with Crippen LogP contribution in [0.2, 0.25) is 0 Å². The molecule has 208 valence electrons. The summed E-state index contributed by atoms with van der Waals surface area (Å²) in [6, 6.07) is 1.93. The van der Waals surface area contributed by atoms with Gasteiger partial charge in [-0.05, 0) is 84.6 Å². The molecule has 1 saturated carbocycles. The van der Waals surface area contributed by atoms with E-state index >= 15 is 0 Å². The van der Waals surface area contributed by atoms with Crippen molar-refractivity contribution in [1.82, 2.24) is 0 Å². The zero-order chi connectivity index (χ0) is 27.4. The lowest BCUT2D eigenvalue weighted by molar-refractivity contribution is -0.124. The van der Waals surface area contributed by atoms with E-state index in [0.717, 1.165) is 56.4 Å². The fourth-order valence-electron chi connectivity index (χ4n) is 5.75. The molecule has 1 aromatic heterocycles. The number of rotatable bonds is 6. The fourth-order valence-corrected chi connectivity index (χ4v) is 6.68. The summed E-state index contributed by atoms with van der Waals surface area (Å²) in [5.74, 6) is 6.33. The lowest BCUT2D eigenvalue weighted by Crippen LogP contribution is -2.48. The summed E-state index contributed by atoms with van der Waals surface area (Å²) in [4.78, 5) is 30.4. The van der Waals surface area contributed by atoms with Crippen LogP contribution in [0.4, 0.5) is 5.69 Å². The molecule has 7 heteroatoms. The zero-order valence-electron chi connectivity index (χ0n) is 23.8. The predicted octanol–water partition coefficient (Wildman–Crippen LogP) is 6.37. The van der Waals surface area contributed by atoms with Crippen molar-refractivity contribution in [3.05, 3.63) is 27.5 Å². The molecule has 1 aromatic rings. The van der Waals surface area contributed by atoms with Crippen molar-refractivity contribution >= 4 is 28.9 Å². The number of allylic oxidation sites excluding steroid dienone is 2. The van der Waals surface area contributed by atoms with E-state index in [-0.39, 0.29) is 41.4 Å². The van der Waals surface area contributed by atoms with Crippen molar-refractivity contribution in [2.24, 2.45) is 17.3 Å². The number of ether oxygens (including phenoxy) is 3. The second-order valence-corrected chi connectivity index (χ2v) is 13.2. The molecule has 1 amide bonds. The highest BCUT2D eigenvalue weighted by Gasteiger charge is 2.39. The molecule has 0 bridgehead atoms. The van der Waals surface area contributed by atoms with Crippen LogP contribution in [-0.2, 0) is 19.0 Å². The fraction of sp³-hybridized carbons (Fsp3) is 0.677. The maximum Gasteiger partial charge on any atom is 0.350 e. The first-order valence-corrected chi connectivity index (χ1v) is 14.8. The lowest BCUT2D eigenvalue weighted by Gasteiger charge is -2.40. The maximum atomic E-state index is 14.3. The second-order valence-electron chi connectivity index (χ2n) is 12.2. The van der Waals surface area contributed by atoms with Crippen LogP contribution in [0, 0.1) is 29.1 Å². The molecule has 2 fully saturated rings. The van der Waals surface area contributed by atoms with Gasteiger partial charge in [0.05, 0.1) is 36.5 Å². The van der Waals surface area contributed by atoms with Gasteiger partial charge in [0.25, 0.3) is 0 Å². The highest BCUT2D eigenvalue weighted by Crippen LogP contribution is 2.40. The largest absolute Gasteiger partial charge is 0.465 e. The molecule has 3 atom stereocenters. The third-order valence-corrected chi connectivity index (χ3v) is 8.81. The molecule has 1 aliphatic heterocycles. The summed E-state index contributed by atoms with van der Waals surface area (Å²) < 4.78 is 17.0. The summed E-state index contributed by atoms with van der Waals surface area (Å²) in [5, 5.41) is 0. The van der Waals surface area contributed by atoms with Crippen LogP contribution in [-0.4, -0.2) is 50.4 Å². The SMILES string of the molecule is COC(=O)c1sc(C#CC(C)(C)C)cc1N(C(=O)C1CC=C(C)CC1C)C1CCC(OC2CCOC2)CC1. The van der Waals surface area contributed by atoms with Gasteiger partial charge in [-0.2, -0.15) is 0 Å². The van der Waals surface area contributed by atoms with Crippen LogP contribution < -0.4 is 4.90 Å². The number of anilines is 1. The molecular formula is C31H43NO5S. The molecule has 0 radical (unpaired) electrons. The van der Waals surface area contributed by atoms with Crippen molar-refractivity contribution in [2.75, 3.05) is 25.2 Å². The van der Waals surface area contributed by atoms with Crippen molar-refractivity contribution < 1.29 is 23.8 Å². The topological polar surface area (TPSA) is 65.1 Å². The smallest absolute Gasteiger partial charge is 0.350 e. The highest BCUT2D eigenvalue weighted by atomic mass is 32.1. The number of thiophene rings is 1. The monoisotopic (exact) mass is 541 g/mol. The third kappa shape index (κ3) is 7.08. The minimum Gasteiger partial charge on any atom is -0.465 e. The van der Waals surface area contributed by atoms with Gasteiger partial charge in [-0.1, -0.05) is 30.4 Å². The lowest BCUT2D eigenvalue weighted by atomic mass is 9.79. The van der Waals surface area contributed by atoms with Crippen molar-refractivity contribution in [2.45, 2.75) is 97.8 Å². The minimum atomic E-state index is -0.419. The van der Waals surface area contributed by atoms with Gasteiger partial charge < -0.3 is 19.1 Å². The molecule has 3 aliphatic rings. The van der Waals surface area contributed by atoms with E-state index < -0.39 is 5.97 Å². The summed E-state index contributed by atoms with van der Waals surface area (Å²) >= 11 is 1.32. The number of carbonyl (C=O) groups excluding carboxylic acids is 2. The average Bonchev–Trinajstić information content (AvgIpc) is 3.53. The van der Waals surface area contributed by atoms with Crippen LogP contribution in [0.15, 0.2) is 17.7 Å². The van der Waals surface area contributed by atoms with Crippen LogP contribution in [0.1, 0.15) is 94.1 Å². The molecule has 0 N–H and O–H groups in total. The molecule has 0 spiro atoms. The number of hydrogen-bond donors (Lipinski definition) is 0. The van der Waals surface area contributed by atoms with E-state index in [1.165, 1.54) is 24.0 Å². The summed E-state index contributed by atoms with van der Waals surface area (Å²) in [6.07, 6.45) is 8.61. The van der Waals surface area contributed by atoms with Gasteiger partial charge in [-0.25, -0.2) is 4.79 Å². The van der Waals surface area contributed by atoms with E-state index in [0.29, 0.717) is 17.2 Å². The molecule has 2 heterocycles. The first-order valence-electron chi connectivity index (χ1n) is 14.0. The summed E-state index contributed by atoms with van der Waals surface area (Å²) in [7, 11) is 1.39. The van der Waals surface area contributed by atoms with Gasteiger partial charge in [0.2, 0.25) is 5.91 Å². The number of carbonyl (C=O) groups is 2. The Kier molecular flexibility index (Phi) is 9.39. The quantitative estimate of drug-likeness (QED) is 0.238. The Hall–Kier alpha value is -2.14. The maximum absolute atomic E-state index is 14.3. The van der Waals surface area contributed by atoms with Gasteiger partial charge >= 0.3 is 5.97 Å². The molecule has 3 unspecified atom stereocenters. The van der Waals surface area contributed by atoms with Gasteiger partial charge in [0, 0.05) is 24.0 Å². The van der Waals surface area contributed by atoms with Crippen LogP contribution >= 0.6 is 11.3 Å². The van der Waals surface area contributed by atoms with Crippen molar-refractivity contribution in [3.8, 4) is 11.8 Å². The molecule has 1 saturated heterocycles. The first-order chi connectivity index (χ1) is 18.1. The molecule has 2 aliphatic carbocycles. The van der Waals surface area contributed by atoms with E-state index in [2.05, 4.69) is 52.5 Å². The normalized spacial score (nSPS) is 27.7. The van der Waals surface area contributed by atoms with Gasteiger partial charge in [-0.15, -0.1) is 11.3 Å². The van der Waals surface area contributed by atoms with E-state index in [4.69, 9.17) is 14.2 Å². The van der Waals surface area contributed by atoms with Crippen LogP contribution in [0.3, 0.4) is 0 Å². The van der Waals surface area contributed by atoms with Crippen LogP contribution in [0.5, 0.6) is 0 Å². The Labute approximate surface area is 232 Å². The average molecular weight is 542 g/mol. The standard InChI is InChI=1S/C31H43NO5S/c1-20-7-12-26(21(2)17-20)29(33)32(22-8-10-23(11-9-22)37-24-14-16-36-19-24)27-18-25(13-15-31(3,4)5)38-28(27)30(34)35-6/h7,18,21-24,26H,8-12,14,16-17,19H2,1-6H3. The number of methoxy groups -OCH3 is 1. The first kappa shape index (κ1) is 28.9. The molecule has 4 rings (SSSR count).